The van der Waals surface area contributed by atoms with E-state index in [4.69, 9.17) is 14.7 Å². The smallest absolute Gasteiger partial charge is 0.181 e. The number of methoxy groups -OCH3 is 1. The van der Waals surface area contributed by atoms with Crippen LogP contribution in [0.1, 0.15) is 26.3 Å². The summed E-state index contributed by atoms with van der Waals surface area (Å²) in [6.07, 6.45) is -0.462. The maximum absolute atomic E-state index is 8.79. The van der Waals surface area contributed by atoms with Gasteiger partial charge in [-0.1, -0.05) is 13.8 Å². The van der Waals surface area contributed by atoms with Crippen molar-refractivity contribution >= 4 is 0 Å². The number of nitriles is 1. The average Bonchev–Trinajstić information content (AvgIpc) is 2.37. The largest absolute Gasteiger partial charge is 0.497 e. The second-order valence-electron chi connectivity index (χ2n) is 4.40. The summed E-state index contributed by atoms with van der Waals surface area (Å²) in [4.78, 5) is 0. The molecule has 1 atom stereocenters. The third kappa shape index (κ3) is 4.27. The zero-order valence-corrected chi connectivity index (χ0v) is 11.4. The highest BCUT2D eigenvalue weighted by atomic mass is 16.5. The molecule has 0 aliphatic heterocycles. The van der Waals surface area contributed by atoms with Crippen LogP contribution in [0.2, 0.25) is 0 Å². The summed E-state index contributed by atoms with van der Waals surface area (Å²) in [7, 11) is 1.63. The Hall–Kier alpha value is -1.73. The Balaban J connectivity index is 2.90. The zero-order valence-electron chi connectivity index (χ0n) is 11.4. The van der Waals surface area contributed by atoms with E-state index in [1.54, 1.807) is 14.0 Å². The molecule has 0 saturated heterocycles. The van der Waals surface area contributed by atoms with Gasteiger partial charge >= 0.3 is 0 Å². The number of ether oxygens (including phenoxy) is 2. The molecule has 4 heteroatoms. The van der Waals surface area contributed by atoms with Gasteiger partial charge in [0.1, 0.15) is 17.6 Å². The molecule has 18 heavy (non-hydrogen) atoms. The van der Waals surface area contributed by atoms with Crippen molar-refractivity contribution < 1.29 is 9.47 Å². The van der Waals surface area contributed by atoms with Crippen LogP contribution >= 0.6 is 0 Å². The van der Waals surface area contributed by atoms with Crippen LogP contribution in [0.4, 0.5) is 0 Å². The number of nitrogens with zero attached hydrogens (tertiary/aromatic N) is 1. The van der Waals surface area contributed by atoms with Crippen LogP contribution in [-0.4, -0.2) is 19.3 Å². The molecule has 0 radical (unpaired) electrons. The molecule has 0 aliphatic rings. The van der Waals surface area contributed by atoms with Gasteiger partial charge < -0.3 is 14.8 Å². The topological polar surface area (TPSA) is 54.3 Å². The first-order valence-corrected chi connectivity index (χ1v) is 6.03. The maximum atomic E-state index is 8.79. The Morgan fingerprint density at radius 3 is 2.61 bits per heavy atom. The fraction of sp³-hybridized carbons (Fsp3) is 0.500. The normalized spacial score (nSPS) is 12.0. The Morgan fingerprint density at radius 2 is 2.06 bits per heavy atom. The third-order valence-corrected chi connectivity index (χ3v) is 2.45. The van der Waals surface area contributed by atoms with E-state index >= 15 is 0 Å². The highest BCUT2D eigenvalue weighted by Crippen LogP contribution is 2.25. The van der Waals surface area contributed by atoms with Gasteiger partial charge in [-0.05, 0) is 25.1 Å². The third-order valence-electron chi connectivity index (χ3n) is 2.45. The first kappa shape index (κ1) is 14.3. The van der Waals surface area contributed by atoms with E-state index in [9.17, 15) is 0 Å². The van der Waals surface area contributed by atoms with Crippen molar-refractivity contribution in [1.82, 2.24) is 5.32 Å². The van der Waals surface area contributed by atoms with E-state index < -0.39 is 6.10 Å². The van der Waals surface area contributed by atoms with Crippen molar-refractivity contribution in [3.63, 3.8) is 0 Å². The second kappa shape index (κ2) is 6.87. The first-order valence-electron chi connectivity index (χ1n) is 6.03. The molecule has 0 saturated carbocycles. The van der Waals surface area contributed by atoms with Gasteiger partial charge in [0, 0.05) is 18.2 Å². The molecule has 0 amide bonds. The van der Waals surface area contributed by atoms with Gasteiger partial charge in [-0.2, -0.15) is 5.26 Å². The fourth-order valence-corrected chi connectivity index (χ4v) is 1.47. The maximum Gasteiger partial charge on any atom is 0.181 e. The molecule has 1 unspecified atom stereocenters. The highest BCUT2D eigenvalue weighted by Gasteiger charge is 2.09. The quantitative estimate of drug-likeness (QED) is 0.840. The van der Waals surface area contributed by atoms with Crippen LogP contribution in [0, 0.1) is 11.3 Å². The number of nitrogens with one attached hydrogen (secondary N) is 1. The van der Waals surface area contributed by atoms with Crippen LogP contribution in [0.25, 0.3) is 0 Å². The van der Waals surface area contributed by atoms with Gasteiger partial charge in [0.15, 0.2) is 6.10 Å². The highest BCUT2D eigenvalue weighted by molar-refractivity contribution is 5.40. The lowest BCUT2D eigenvalue weighted by Crippen LogP contribution is -2.22. The summed E-state index contributed by atoms with van der Waals surface area (Å²) < 4.78 is 10.8. The molecule has 98 valence electrons. The molecule has 1 aromatic carbocycles. The van der Waals surface area contributed by atoms with Gasteiger partial charge in [-0.15, -0.1) is 0 Å². The summed E-state index contributed by atoms with van der Waals surface area (Å²) in [6.45, 7) is 6.57. The lowest BCUT2D eigenvalue weighted by molar-refractivity contribution is 0.272. The molecule has 0 bridgehead atoms. The van der Waals surface area contributed by atoms with Gasteiger partial charge in [0.25, 0.3) is 0 Å². The number of rotatable bonds is 6. The molecule has 0 aromatic heterocycles. The molecule has 1 rings (SSSR count). The Morgan fingerprint density at radius 1 is 1.33 bits per heavy atom. The van der Waals surface area contributed by atoms with E-state index in [0.29, 0.717) is 12.6 Å². The minimum atomic E-state index is -0.462. The molecule has 4 nitrogen and oxygen atoms in total. The van der Waals surface area contributed by atoms with Crippen molar-refractivity contribution in [2.75, 3.05) is 7.11 Å². The first-order chi connectivity index (χ1) is 8.56. The van der Waals surface area contributed by atoms with E-state index in [-0.39, 0.29) is 0 Å². The van der Waals surface area contributed by atoms with E-state index in [1.807, 2.05) is 18.2 Å². The fourth-order valence-electron chi connectivity index (χ4n) is 1.47. The van der Waals surface area contributed by atoms with Crippen molar-refractivity contribution in [2.24, 2.45) is 0 Å². The second-order valence-corrected chi connectivity index (χ2v) is 4.40. The number of hydrogen-bond donors (Lipinski definition) is 1. The number of hydrogen-bond acceptors (Lipinski definition) is 4. The minimum absolute atomic E-state index is 0.387. The van der Waals surface area contributed by atoms with Crippen molar-refractivity contribution in [2.45, 2.75) is 39.5 Å². The molecular weight excluding hydrogens is 228 g/mol. The van der Waals surface area contributed by atoms with E-state index in [2.05, 4.69) is 25.2 Å². The van der Waals surface area contributed by atoms with Crippen LogP contribution in [-0.2, 0) is 6.54 Å². The molecule has 0 aliphatic carbocycles. The molecule has 1 N–H and O–H groups in total. The van der Waals surface area contributed by atoms with Crippen LogP contribution in [0.3, 0.4) is 0 Å². The Labute approximate surface area is 109 Å². The van der Waals surface area contributed by atoms with Crippen LogP contribution in [0.15, 0.2) is 18.2 Å². The molecule has 0 heterocycles. The SMILES string of the molecule is COc1ccc(OC(C)C#N)c(CNC(C)C)c1. The number of benzene rings is 1. The summed E-state index contributed by atoms with van der Waals surface area (Å²) >= 11 is 0. The lowest BCUT2D eigenvalue weighted by Gasteiger charge is -2.15. The van der Waals surface area contributed by atoms with Crippen molar-refractivity contribution in [3.8, 4) is 17.6 Å². The molecule has 1 aromatic rings. The van der Waals surface area contributed by atoms with Crippen molar-refractivity contribution in [3.05, 3.63) is 23.8 Å². The predicted molar refractivity (Wildman–Crippen MR) is 70.7 cm³/mol. The molecular formula is C14H20N2O2. The molecule has 0 spiro atoms. The monoisotopic (exact) mass is 248 g/mol. The summed E-state index contributed by atoms with van der Waals surface area (Å²) in [5, 5.41) is 12.1. The molecule has 0 fully saturated rings. The summed E-state index contributed by atoms with van der Waals surface area (Å²) in [5.41, 5.74) is 0.991. The van der Waals surface area contributed by atoms with E-state index in [1.165, 1.54) is 0 Å². The Bertz CT molecular complexity index is 424. The summed E-state index contributed by atoms with van der Waals surface area (Å²) in [5.74, 6) is 1.51. The van der Waals surface area contributed by atoms with Gasteiger partial charge in [-0.25, -0.2) is 0 Å². The van der Waals surface area contributed by atoms with Gasteiger partial charge in [0.2, 0.25) is 0 Å². The minimum Gasteiger partial charge on any atom is -0.497 e. The average molecular weight is 248 g/mol. The van der Waals surface area contributed by atoms with Crippen LogP contribution < -0.4 is 14.8 Å². The van der Waals surface area contributed by atoms with Gasteiger partial charge in [0.05, 0.1) is 7.11 Å². The Kier molecular flexibility index (Phi) is 5.47. The lowest BCUT2D eigenvalue weighted by atomic mass is 10.1. The van der Waals surface area contributed by atoms with Crippen molar-refractivity contribution in [1.29, 1.82) is 5.26 Å². The zero-order chi connectivity index (χ0) is 13.5. The van der Waals surface area contributed by atoms with Crippen LogP contribution in [0.5, 0.6) is 11.5 Å². The predicted octanol–water partition coefficient (Wildman–Crippen LogP) is 2.48. The van der Waals surface area contributed by atoms with Gasteiger partial charge in [-0.3, -0.25) is 0 Å². The summed E-state index contributed by atoms with van der Waals surface area (Å²) in [6, 6.07) is 8.04. The standard InChI is InChI=1S/C14H20N2O2/c1-10(2)16-9-12-7-13(17-4)5-6-14(12)18-11(3)8-15/h5-7,10-11,16H,9H2,1-4H3. The van der Waals surface area contributed by atoms with E-state index in [0.717, 1.165) is 17.1 Å².